The molecule has 1 saturated carbocycles. The third-order valence-corrected chi connectivity index (χ3v) is 3.93. The van der Waals surface area contributed by atoms with Gasteiger partial charge in [0.2, 0.25) is 5.91 Å². The Bertz CT molecular complexity index is 555. The number of amides is 1. The summed E-state index contributed by atoms with van der Waals surface area (Å²) >= 11 is 6.00. The Labute approximate surface area is 115 Å². The molecule has 0 spiro atoms. The molecular weight excluding hydrogens is 268 g/mol. The fraction of sp³-hybridized carbons (Fsp3) is 0.583. The average molecular weight is 283 g/mol. The molecule has 1 saturated heterocycles. The van der Waals surface area contributed by atoms with Gasteiger partial charge in [-0.05, 0) is 25.7 Å². The monoisotopic (exact) mass is 282 g/mol. The fourth-order valence-electron chi connectivity index (χ4n) is 2.43. The number of nitrogens with one attached hydrogen (secondary N) is 2. The van der Waals surface area contributed by atoms with E-state index >= 15 is 0 Å². The van der Waals surface area contributed by atoms with Crippen LogP contribution in [0, 0.1) is 0 Å². The number of rotatable bonds is 3. The van der Waals surface area contributed by atoms with Gasteiger partial charge < -0.3 is 10.2 Å². The van der Waals surface area contributed by atoms with Crippen LogP contribution >= 0.6 is 11.6 Å². The third-order valence-electron chi connectivity index (χ3n) is 3.57. The fourth-order valence-corrected chi connectivity index (χ4v) is 2.63. The standard InChI is InChI=1S/C12H15ClN4O2/c13-10-9(6-14-16-12(10)19)17-5-1-2-8(17)11(18)15-7-3-4-7/h6-8H,1-5H2,(H,15,18)(H,16,19)/t8-/m1/s1. The number of carbonyl (C=O) groups is 1. The first kappa shape index (κ1) is 12.5. The zero-order valence-corrected chi connectivity index (χ0v) is 11.1. The summed E-state index contributed by atoms with van der Waals surface area (Å²) in [5, 5.41) is 9.14. The number of halogens is 1. The molecule has 1 aromatic rings. The Balaban J connectivity index is 1.83. The number of carbonyl (C=O) groups excluding carboxylic acids is 1. The number of hydrogen-bond acceptors (Lipinski definition) is 4. The van der Waals surface area contributed by atoms with E-state index in [0.29, 0.717) is 18.3 Å². The second-order valence-corrected chi connectivity index (χ2v) is 5.41. The molecule has 102 valence electrons. The van der Waals surface area contributed by atoms with E-state index in [9.17, 15) is 9.59 Å². The van der Waals surface area contributed by atoms with Crippen molar-refractivity contribution < 1.29 is 4.79 Å². The molecule has 6 nitrogen and oxygen atoms in total. The predicted molar refractivity (Wildman–Crippen MR) is 71.4 cm³/mol. The lowest BCUT2D eigenvalue weighted by molar-refractivity contribution is -0.122. The van der Waals surface area contributed by atoms with Gasteiger partial charge in [-0.2, -0.15) is 5.10 Å². The number of aromatic amines is 1. The number of hydrogen-bond donors (Lipinski definition) is 2. The Hall–Kier alpha value is -1.56. The van der Waals surface area contributed by atoms with Gasteiger partial charge in [-0.1, -0.05) is 11.6 Å². The maximum Gasteiger partial charge on any atom is 0.285 e. The molecule has 2 fully saturated rings. The summed E-state index contributed by atoms with van der Waals surface area (Å²) in [6.45, 7) is 0.716. The summed E-state index contributed by atoms with van der Waals surface area (Å²) in [7, 11) is 0. The summed E-state index contributed by atoms with van der Waals surface area (Å²) in [5.41, 5.74) is 0.117. The Kier molecular flexibility index (Phi) is 3.18. The van der Waals surface area contributed by atoms with Crippen LogP contribution < -0.4 is 15.8 Å². The first-order valence-electron chi connectivity index (χ1n) is 6.47. The maximum absolute atomic E-state index is 12.2. The van der Waals surface area contributed by atoms with E-state index in [1.807, 2.05) is 4.90 Å². The highest BCUT2D eigenvalue weighted by Crippen LogP contribution is 2.29. The SMILES string of the molecule is O=C(NC1CC1)[C@H]1CCCN1c1cn[nH]c(=O)c1Cl. The van der Waals surface area contributed by atoms with Crippen LogP contribution in [0.5, 0.6) is 0 Å². The molecule has 0 bridgehead atoms. The van der Waals surface area contributed by atoms with Crippen molar-refractivity contribution in [1.82, 2.24) is 15.5 Å². The van der Waals surface area contributed by atoms with E-state index in [-0.39, 0.29) is 17.0 Å². The Morgan fingerprint density at radius 3 is 3.00 bits per heavy atom. The minimum absolute atomic E-state index is 0.0244. The first-order chi connectivity index (χ1) is 9.16. The molecule has 3 rings (SSSR count). The third kappa shape index (κ3) is 2.45. The van der Waals surface area contributed by atoms with Gasteiger partial charge in [0.25, 0.3) is 5.56 Å². The molecule has 1 aliphatic heterocycles. The van der Waals surface area contributed by atoms with E-state index in [2.05, 4.69) is 15.5 Å². The van der Waals surface area contributed by atoms with Crippen LogP contribution in [0.2, 0.25) is 5.02 Å². The normalized spacial score (nSPS) is 22.6. The lowest BCUT2D eigenvalue weighted by Gasteiger charge is -2.26. The van der Waals surface area contributed by atoms with Crippen LogP contribution in [-0.2, 0) is 4.79 Å². The average Bonchev–Trinajstić information content (AvgIpc) is 3.06. The molecule has 7 heteroatoms. The zero-order valence-electron chi connectivity index (χ0n) is 10.4. The number of nitrogens with zero attached hydrogens (tertiary/aromatic N) is 2. The summed E-state index contributed by atoms with van der Waals surface area (Å²) in [4.78, 5) is 25.5. The largest absolute Gasteiger partial charge is 0.357 e. The van der Waals surface area contributed by atoms with E-state index in [1.54, 1.807) is 0 Å². The van der Waals surface area contributed by atoms with Crippen molar-refractivity contribution in [2.24, 2.45) is 0 Å². The minimum Gasteiger partial charge on any atom is -0.357 e. The lowest BCUT2D eigenvalue weighted by Crippen LogP contribution is -2.44. The highest BCUT2D eigenvalue weighted by Gasteiger charge is 2.35. The molecule has 1 atom stereocenters. The van der Waals surface area contributed by atoms with Gasteiger partial charge in [-0.15, -0.1) is 0 Å². The number of H-pyrrole nitrogens is 1. The van der Waals surface area contributed by atoms with Crippen molar-refractivity contribution >= 4 is 23.2 Å². The molecule has 1 amide bonds. The molecule has 0 radical (unpaired) electrons. The Morgan fingerprint density at radius 2 is 2.26 bits per heavy atom. The number of anilines is 1. The van der Waals surface area contributed by atoms with Crippen molar-refractivity contribution in [1.29, 1.82) is 0 Å². The van der Waals surface area contributed by atoms with Gasteiger partial charge in [-0.25, -0.2) is 5.10 Å². The second-order valence-electron chi connectivity index (χ2n) is 5.03. The molecular formula is C12H15ClN4O2. The predicted octanol–water partition coefficient (Wildman–Crippen LogP) is 0.671. The van der Waals surface area contributed by atoms with Gasteiger partial charge >= 0.3 is 0 Å². The molecule has 0 unspecified atom stereocenters. The molecule has 19 heavy (non-hydrogen) atoms. The summed E-state index contributed by atoms with van der Waals surface area (Å²) in [6.07, 6.45) is 5.32. The number of aromatic nitrogens is 2. The topological polar surface area (TPSA) is 78.1 Å². The van der Waals surface area contributed by atoms with Crippen LogP contribution in [0.1, 0.15) is 25.7 Å². The van der Waals surface area contributed by atoms with Crippen LogP contribution in [-0.4, -0.2) is 34.7 Å². The van der Waals surface area contributed by atoms with E-state index in [1.165, 1.54) is 6.20 Å². The van der Waals surface area contributed by atoms with Crippen molar-refractivity contribution in [3.8, 4) is 0 Å². The summed E-state index contributed by atoms with van der Waals surface area (Å²) < 4.78 is 0. The van der Waals surface area contributed by atoms with Gasteiger partial charge in [0.1, 0.15) is 11.1 Å². The van der Waals surface area contributed by atoms with Crippen molar-refractivity contribution in [2.45, 2.75) is 37.8 Å². The Morgan fingerprint density at radius 1 is 1.47 bits per heavy atom. The molecule has 1 aromatic heterocycles. The quantitative estimate of drug-likeness (QED) is 0.854. The van der Waals surface area contributed by atoms with Crippen LogP contribution in [0.25, 0.3) is 0 Å². The van der Waals surface area contributed by atoms with Gasteiger partial charge in [0, 0.05) is 12.6 Å². The van der Waals surface area contributed by atoms with E-state index in [0.717, 1.165) is 25.7 Å². The minimum atomic E-state index is -0.424. The highest BCUT2D eigenvalue weighted by molar-refractivity contribution is 6.33. The molecule has 2 aliphatic rings. The van der Waals surface area contributed by atoms with Crippen molar-refractivity contribution in [2.75, 3.05) is 11.4 Å². The molecule has 0 aromatic carbocycles. The van der Waals surface area contributed by atoms with Crippen molar-refractivity contribution in [3.63, 3.8) is 0 Å². The van der Waals surface area contributed by atoms with Crippen LogP contribution in [0.4, 0.5) is 5.69 Å². The smallest absolute Gasteiger partial charge is 0.285 e. The highest BCUT2D eigenvalue weighted by atomic mass is 35.5. The van der Waals surface area contributed by atoms with Crippen molar-refractivity contribution in [3.05, 3.63) is 21.6 Å². The van der Waals surface area contributed by atoms with E-state index < -0.39 is 5.56 Å². The van der Waals surface area contributed by atoms with Gasteiger partial charge in [-0.3, -0.25) is 9.59 Å². The first-order valence-corrected chi connectivity index (χ1v) is 6.85. The molecule has 2 heterocycles. The second kappa shape index (κ2) is 4.85. The maximum atomic E-state index is 12.2. The summed E-state index contributed by atoms with van der Waals surface area (Å²) in [6, 6.07) is 0.0874. The molecule has 2 N–H and O–H groups in total. The zero-order chi connectivity index (χ0) is 13.4. The lowest BCUT2D eigenvalue weighted by atomic mass is 10.2. The van der Waals surface area contributed by atoms with Crippen LogP contribution in [0.15, 0.2) is 11.0 Å². The van der Waals surface area contributed by atoms with Gasteiger partial charge in [0.15, 0.2) is 0 Å². The molecule has 1 aliphatic carbocycles. The summed E-state index contributed by atoms with van der Waals surface area (Å²) in [5.74, 6) is 0.0244. The van der Waals surface area contributed by atoms with E-state index in [4.69, 9.17) is 11.6 Å². The van der Waals surface area contributed by atoms with Gasteiger partial charge in [0.05, 0.1) is 11.9 Å². The van der Waals surface area contributed by atoms with Crippen LogP contribution in [0.3, 0.4) is 0 Å².